The number of alkyl halides is 1. The molecule has 0 heterocycles. The van der Waals surface area contributed by atoms with Gasteiger partial charge in [-0.25, -0.2) is 4.39 Å². The second-order valence-electron chi connectivity index (χ2n) is 10.3. The van der Waals surface area contributed by atoms with Gasteiger partial charge >= 0.3 is 5.97 Å². The van der Waals surface area contributed by atoms with Crippen LogP contribution in [-0.4, -0.2) is 40.2 Å². The monoisotopic (exact) mass is 452 g/mol. The quantitative estimate of drug-likeness (QED) is 0.518. The molecular formula is C24H30ClFO5. The van der Waals surface area contributed by atoms with Crippen molar-refractivity contribution in [3.63, 3.8) is 0 Å². The van der Waals surface area contributed by atoms with E-state index in [1.165, 1.54) is 13.0 Å². The Balaban J connectivity index is 1.82. The second-order valence-corrected chi connectivity index (χ2v) is 10.6. The highest BCUT2D eigenvalue weighted by Crippen LogP contribution is 2.69. The molecule has 4 aliphatic carbocycles. The highest BCUT2D eigenvalue weighted by Gasteiger charge is 2.72. The van der Waals surface area contributed by atoms with E-state index in [0.717, 1.165) is 0 Å². The Morgan fingerprint density at radius 2 is 2.03 bits per heavy atom. The van der Waals surface area contributed by atoms with E-state index in [4.69, 9.17) is 16.3 Å². The third-order valence-electron chi connectivity index (χ3n) is 8.97. The van der Waals surface area contributed by atoms with E-state index in [1.807, 2.05) is 20.8 Å². The smallest absolute Gasteiger partial charge is 0.303 e. The van der Waals surface area contributed by atoms with Crippen LogP contribution in [0, 0.1) is 34.5 Å². The summed E-state index contributed by atoms with van der Waals surface area (Å²) < 4.78 is 20.6. The molecule has 31 heavy (non-hydrogen) atoms. The van der Waals surface area contributed by atoms with Gasteiger partial charge in [0.25, 0.3) is 0 Å². The first-order valence-electron chi connectivity index (χ1n) is 11.0. The maximum Gasteiger partial charge on any atom is 0.303 e. The van der Waals surface area contributed by atoms with E-state index in [0.29, 0.717) is 24.8 Å². The van der Waals surface area contributed by atoms with Crippen LogP contribution in [0.5, 0.6) is 0 Å². The number of rotatable bonds is 3. The zero-order valence-electron chi connectivity index (χ0n) is 18.4. The lowest BCUT2D eigenvalue weighted by Gasteiger charge is -2.59. The molecule has 0 radical (unpaired) electrons. The second kappa shape index (κ2) is 7.24. The Hall–Kier alpha value is -1.53. The van der Waals surface area contributed by atoms with Gasteiger partial charge in [0.1, 0.15) is 0 Å². The lowest BCUT2D eigenvalue weighted by molar-refractivity contribution is -0.201. The van der Waals surface area contributed by atoms with E-state index >= 15 is 0 Å². The van der Waals surface area contributed by atoms with E-state index in [-0.39, 0.29) is 41.8 Å². The summed E-state index contributed by atoms with van der Waals surface area (Å²) in [6, 6.07) is 0. The first kappa shape index (κ1) is 22.7. The first-order chi connectivity index (χ1) is 14.4. The number of hydrogen-bond donors (Lipinski definition) is 1. The number of carbonyl (C=O) groups is 3. The molecule has 0 amide bonds. The molecule has 0 aliphatic heterocycles. The van der Waals surface area contributed by atoms with Crippen LogP contribution < -0.4 is 0 Å². The number of halogens is 2. The Kier molecular flexibility index (Phi) is 5.29. The molecule has 5 nitrogen and oxygen atoms in total. The van der Waals surface area contributed by atoms with Gasteiger partial charge < -0.3 is 9.84 Å². The molecule has 0 saturated heterocycles. The molecule has 0 spiro atoms. The third-order valence-corrected chi connectivity index (χ3v) is 9.21. The number of fused-ring (bicyclic) bond motifs is 5. The number of allylic oxidation sites excluding steroid dienone is 4. The third kappa shape index (κ3) is 2.80. The van der Waals surface area contributed by atoms with E-state index in [9.17, 15) is 23.9 Å². The van der Waals surface area contributed by atoms with E-state index in [1.54, 1.807) is 6.08 Å². The number of aliphatic hydroxyl groups excluding tert-OH is 1. The summed E-state index contributed by atoms with van der Waals surface area (Å²) in [6.07, 6.45) is 4.11. The fourth-order valence-corrected chi connectivity index (χ4v) is 8.12. The van der Waals surface area contributed by atoms with Crippen molar-refractivity contribution in [2.45, 2.75) is 65.1 Å². The summed E-state index contributed by atoms with van der Waals surface area (Å²) in [6.45, 7) is 7.03. The summed E-state index contributed by atoms with van der Waals surface area (Å²) >= 11 is 5.99. The van der Waals surface area contributed by atoms with Crippen LogP contribution in [0.1, 0.15) is 53.4 Å². The number of ether oxygens (including phenoxy) is 1. The molecule has 0 bridgehead atoms. The van der Waals surface area contributed by atoms with Gasteiger partial charge in [0.2, 0.25) is 5.78 Å². The summed E-state index contributed by atoms with van der Waals surface area (Å²) in [5.74, 6) is -3.00. The molecule has 4 aliphatic rings. The summed E-state index contributed by atoms with van der Waals surface area (Å²) in [4.78, 5) is 37.2. The van der Waals surface area contributed by atoms with Crippen molar-refractivity contribution >= 4 is 29.1 Å². The highest BCUT2D eigenvalue weighted by molar-refractivity contribution is 6.29. The van der Waals surface area contributed by atoms with Crippen LogP contribution in [0.4, 0.5) is 4.39 Å². The molecule has 3 fully saturated rings. The van der Waals surface area contributed by atoms with Crippen LogP contribution in [0.25, 0.3) is 0 Å². The Bertz CT molecular complexity index is 912. The van der Waals surface area contributed by atoms with Crippen molar-refractivity contribution in [2.75, 3.05) is 5.88 Å². The Morgan fingerprint density at radius 1 is 1.35 bits per heavy atom. The van der Waals surface area contributed by atoms with Crippen molar-refractivity contribution in [3.05, 3.63) is 23.6 Å². The first-order valence-corrected chi connectivity index (χ1v) is 11.6. The van der Waals surface area contributed by atoms with Gasteiger partial charge in [0, 0.05) is 29.6 Å². The topological polar surface area (TPSA) is 80.7 Å². The van der Waals surface area contributed by atoms with Gasteiger partial charge in [-0.15, -0.1) is 11.6 Å². The van der Waals surface area contributed by atoms with Crippen LogP contribution in [0.2, 0.25) is 0 Å². The van der Waals surface area contributed by atoms with Gasteiger partial charge in [-0.3, -0.25) is 14.4 Å². The number of carbonyl (C=O) groups excluding carboxylic acids is 3. The standard InChI is InChI=1S/C24H30ClFO5/c1-12-9-16-14-5-6-15-21(26)17(28)7-8-22(15,3)20(14)18(29)10-23(16,4)24(12,19(30)11-25)31-13(2)27/h7-8,12,14,16,18,20,29H,5-6,9-11H2,1-4H3/t12?,14-,16-,18?,20+,22-,23-,24-/m0/s1. The maximum atomic E-state index is 14.7. The molecule has 1 N–H and O–H groups in total. The average molecular weight is 453 g/mol. The molecule has 0 aromatic carbocycles. The van der Waals surface area contributed by atoms with Crippen molar-refractivity contribution in [1.82, 2.24) is 0 Å². The fourth-order valence-electron chi connectivity index (χ4n) is 7.92. The molecular weight excluding hydrogens is 423 g/mol. The number of hydrogen-bond acceptors (Lipinski definition) is 5. The van der Waals surface area contributed by atoms with Crippen molar-refractivity contribution in [3.8, 4) is 0 Å². The minimum Gasteiger partial charge on any atom is -0.450 e. The van der Waals surface area contributed by atoms with Gasteiger partial charge in [-0.05, 0) is 49.2 Å². The van der Waals surface area contributed by atoms with Gasteiger partial charge in [-0.1, -0.05) is 26.8 Å². The van der Waals surface area contributed by atoms with E-state index in [2.05, 4.69) is 0 Å². The van der Waals surface area contributed by atoms with Crippen molar-refractivity contribution in [2.24, 2.45) is 34.5 Å². The Morgan fingerprint density at radius 3 is 2.65 bits per heavy atom. The van der Waals surface area contributed by atoms with Crippen molar-refractivity contribution < 1.29 is 28.6 Å². The van der Waals surface area contributed by atoms with E-state index < -0.39 is 40.1 Å². The fraction of sp³-hybridized carbons (Fsp3) is 0.708. The van der Waals surface area contributed by atoms with Gasteiger partial charge in [0.05, 0.1) is 12.0 Å². The van der Waals surface area contributed by atoms with Gasteiger partial charge in [0.15, 0.2) is 17.2 Å². The largest absolute Gasteiger partial charge is 0.450 e. The van der Waals surface area contributed by atoms with Crippen molar-refractivity contribution in [1.29, 1.82) is 0 Å². The number of aliphatic hydroxyl groups is 1. The predicted molar refractivity (Wildman–Crippen MR) is 113 cm³/mol. The molecule has 0 aromatic rings. The van der Waals surface area contributed by atoms with Crippen LogP contribution in [-0.2, 0) is 19.1 Å². The number of Topliss-reactive ketones (excluding diaryl/α,β-unsaturated/α-hetero) is 1. The minimum absolute atomic E-state index is 0.00355. The number of ketones is 2. The summed E-state index contributed by atoms with van der Waals surface area (Å²) in [5, 5.41) is 11.4. The highest BCUT2D eigenvalue weighted by atomic mass is 35.5. The molecule has 170 valence electrons. The molecule has 4 rings (SSSR count). The minimum atomic E-state index is -1.39. The molecule has 3 saturated carbocycles. The molecule has 0 aromatic heterocycles. The molecule has 2 unspecified atom stereocenters. The van der Waals surface area contributed by atoms with Crippen LogP contribution in [0.15, 0.2) is 23.6 Å². The van der Waals surface area contributed by atoms with Crippen LogP contribution >= 0.6 is 11.6 Å². The SMILES string of the molecule is CC(=O)O[C@]1(C(=O)CCl)C(C)C[C@H]2[C@@H]3CCC4=C(F)C(=O)C=C[C@]4(C)[C@H]3C(O)C[C@@]21C. The normalized spacial score (nSPS) is 46.3. The zero-order valence-corrected chi connectivity index (χ0v) is 19.2. The lowest BCUT2D eigenvalue weighted by atomic mass is 9.46. The zero-order chi connectivity index (χ0) is 22.9. The lowest BCUT2D eigenvalue weighted by Crippen LogP contribution is -2.64. The Labute approximate surface area is 187 Å². The van der Waals surface area contributed by atoms with Gasteiger partial charge in [-0.2, -0.15) is 0 Å². The molecule has 8 atom stereocenters. The predicted octanol–water partition coefficient (Wildman–Crippen LogP) is 3.92. The van der Waals surface area contributed by atoms with Crippen LogP contribution in [0.3, 0.4) is 0 Å². The number of esters is 1. The maximum absolute atomic E-state index is 14.7. The summed E-state index contributed by atoms with van der Waals surface area (Å²) in [5.41, 5.74) is -2.46. The summed E-state index contributed by atoms with van der Waals surface area (Å²) in [7, 11) is 0. The molecule has 7 heteroatoms. The average Bonchev–Trinajstić information content (AvgIpc) is 2.91.